The quantitative estimate of drug-likeness (QED) is 0.585. The highest BCUT2D eigenvalue weighted by atomic mass is 16.5. The van der Waals surface area contributed by atoms with Gasteiger partial charge < -0.3 is 9.47 Å². The second-order valence-electron chi connectivity index (χ2n) is 2.32. The molecular weight excluding hydrogens is 144 g/mol. The number of aromatic nitrogens is 2. The molecule has 0 N–H and O–H groups in total. The van der Waals surface area contributed by atoms with Gasteiger partial charge >= 0.3 is 0 Å². The molecule has 0 aromatic carbocycles. The van der Waals surface area contributed by atoms with Crippen molar-refractivity contribution in [1.29, 1.82) is 0 Å². The summed E-state index contributed by atoms with van der Waals surface area (Å²) in [5.41, 5.74) is 1.08. The smallest absolute Gasteiger partial charge is 0.237 e. The number of rotatable bonds is 1. The van der Waals surface area contributed by atoms with Crippen molar-refractivity contribution in [2.45, 2.75) is 6.42 Å². The highest BCUT2D eigenvalue weighted by molar-refractivity contribution is 5.31. The van der Waals surface area contributed by atoms with E-state index in [-0.39, 0.29) is 0 Å². The maximum Gasteiger partial charge on any atom is 0.237 e. The van der Waals surface area contributed by atoms with Crippen LogP contribution in [0.4, 0.5) is 0 Å². The van der Waals surface area contributed by atoms with Gasteiger partial charge in [0.25, 0.3) is 0 Å². The van der Waals surface area contributed by atoms with E-state index in [9.17, 15) is 0 Å². The van der Waals surface area contributed by atoms with Gasteiger partial charge in [0.1, 0.15) is 0 Å². The zero-order valence-corrected chi connectivity index (χ0v) is 6.20. The summed E-state index contributed by atoms with van der Waals surface area (Å²) in [6, 6.07) is 1.86. The van der Waals surface area contributed by atoms with Gasteiger partial charge in [-0.25, -0.2) is 0 Å². The van der Waals surface area contributed by atoms with Gasteiger partial charge in [0.2, 0.25) is 11.8 Å². The van der Waals surface area contributed by atoms with Crippen LogP contribution in [0.5, 0.6) is 11.8 Å². The Morgan fingerprint density at radius 1 is 1.55 bits per heavy atom. The van der Waals surface area contributed by atoms with Crippen molar-refractivity contribution in [2.75, 3.05) is 13.7 Å². The van der Waals surface area contributed by atoms with Gasteiger partial charge in [0.05, 0.1) is 13.7 Å². The molecule has 0 radical (unpaired) electrons. The molecular formula is C7H8N2O2. The van der Waals surface area contributed by atoms with Crippen LogP contribution in [-0.4, -0.2) is 23.9 Å². The minimum atomic E-state index is 0.550. The SMILES string of the molecule is COc1cc2c(nn1)OCC2. The molecule has 4 nitrogen and oxygen atoms in total. The molecule has 0 amide bonds. The Labute approximate surface area is 64.2 Å². The number of methoxy groups -OCH3 is 1. The van der Waals surface area contributed by atoms with Crippen LogP contribution in [0.15, 0.2) is 6.07 Å². The average molecular weight is 152 g/mol. The zero-order chi connectivity index (χ0) is 7.68. The molecule has 4 heteroatoms. The first kappa shape index (κ1) is 6.39. The first-order valence-corrected chi connectivity index (χ1v) is 3.43. The summed E-state index contributed by atoms with van der Waals surface area (Å²) in [7, 11) is 1.58. The fourth-order valence-corrected chi connectivity index (χ4v) is 1.06. The Bertz CT molecular complexity index is 275. The summed E-state index contributed by atoms with van der Waals surface area (Å²) in [5, 5.41) is 7.60. The Hall–Kier alpha value is -1.32. The van der Waals surface area contributed by atoms with Gasteiger partial charge in [-0.3, -0.25) is 0 Å². The minimum Gasteiger partial charge on any atom is -0.480 e. The Morgan fingerprint density at radius 3 is 3.27 bits per heavy atom. The van der Waals surface area contributed by atoms with Crippen LogP contribution in [0.2, 0.25) is 0 Å². The normalized spacial score (nSPS) is 13.9. The largest absolute Gasteiger partial charge is 0.480 e. The van der Waals surface area contributed by atoms with E-state index in [1.54, 1.807) is 7.11 Å². The highest BCUT2D eigenvalue weighted by Crippen LogP contribution is 2.23. The molecule has 1 aromatic heterocycles. The van der Waals surface area contributed by atoms with E-state index in [1.165, 1.54) is 0 Å². The first-order valence-electron chi connectivity index (χ1n) is 3.43. The molecule has 58 valence electrons. The van der Waals surface area contributed by atoms with Crippen molar-refractivity contribution < 1.29 is 9.47 Å². The van der Waals surface area contributed by atoms with E-state index in [4.69, 9.17) is 9.47 Å². The molecule has 0 saturated heterocycles. The van der Waals surface area contributed by atoms with Gasteiger partial charge in [0, 0.05) is 18.1 Å². The van der Waals surface area contributed by atoms with E-state index in [0.717, 1.165) is 12.0 Å². The molecule has 0 unspecified atom stereocenters. The lowest BCUT2D eigenvalue weighted by Gasteiger charge is -1.98. The lowest BCUT2D eigenvalue weighted by atomic mass is 10.2. The van der Waals surface area contributed by atoms with Crippen molar-refractivity contribution in [3.63, 3.8) is 0 Å². The first-order chi connectivity index (χ1) is 5.40. The van der Waals surface area contributed by atoms with Crippen molar-refractivity contribution >= 4 is 0 Å². The van der Waals surface area contributed by atoms with Gasteiger partial charge in [-0.2, -0.15) is 0 Å². The van der Waals surface area contributed by atoms with Crippen LogP contribution in [-0.2, 0) is 6.42 Å². The summed E-state index contributed by atoms with van der Waals surface area (Å²) >= 11 is 0. The van der Waals surface area contributed by atoms with Crippen molar-refractivity contribution in [2.24, 2.45) is 0 Å². The molecule has 0 bridgehead atoms. The number of ether oxygens (including phenoxy) is 2. The van der Waals surface area contributed by atoms with E-state index in [0.29, 0.717) is 18.4 Å². The molecule has 0 fully saturated rings. The van der Waals surface area contributed by atoms with E-state index < -0.39 is 0 Å². The van der Waals surface area contributed by atoms with Gasteiger partial charge in [-0.1, -0.05) is 0 Å². The fraction of sp³-hybridized carbons (Fsp3) is 0.429. The Balaban J connectivity index is 2.41. The minimum absolute atomic E-state index is 0.550. The fourth-order valence-electron chi connectivity index (χ4n) is 1.06. The third-order valence-corrected chi connectivity index (χ3v) is 1.63. The molecule has 1 aliphatic heterocycles. The lowest BCUT2D eigenvalue weighted by Crippen LogP contribution is -1.92. The molecule has 1 aliphatic rings. The number of hydrogen-bond donors (Lipinski definition) is 0. The third-order valence-electron chi connectivity index (χ3n) is 1.63. The molecule has 0 saturated carbocycles. The van der Waals surface area contributed by atoms with Gasteiger partial charge in [0.15, 0.2) is 0 Å². The topological polar surface area (TPSA) is 44.2 Å². The van der Waals surface area contributed by atoms with E-state index in [2.05, 4.69) is 10.2 Å². The Kier molecular flexibility index (Phi) is 1.38. The van der Waals surface area contributed by atoms with Crippen LogP contribution in [0, 0.1) is 0 Å². The second-order valence-corrected chi connectivity index (χ2v) is 2.32. The third kappa shape index (κ3) is 1.00. The predicted molar refractivity (Wildman–Crippen MR) is 37.8 cm³/mol. The standard InChI is InChI=1S/C7H8N2O2/c1-10-6-4-5-2-3-11-7(5)9-8-6/h4H,2-3H2,1H3. The highest BCUT2D eigenvalue weighted by Gasteiger charge is 2.14. The van der Waals surface area contributed by atoms with Crippen molar-refractivity contribution in [1.82, 2.24) is 10.2 Å². The summed E-state index contributed by atoms with van der Waals surface area (Å²) in [4.78, 5) is 0. The second kappa shape index (κ2) is 2.38. The maximum atomic E-state index is 5.17. The molecule has 2 rings (SSSR count). The summed E-state index contributed by atoms with van der Waals surface area (Å²) in [6.45, 7) is 0.706. The predicted octanol–water partition coefficient (Wildman–Crippen LogP) is 0.420. The van der Waals surface area contributed by atoms with Crippen LogP contribution in [0.1, 0.15) is 5.56 Å². The summed E-state index contributed by atoms with van der Waals surface area (Å²) in [6.07, 6.45) is 0.904. The van der Waals surface area contributed by atoms with E-state index in [1.807, 2.05) is 6.07 Å². The van der Waals surface area contributed by atoms with Crippen LogP contribution in [0.25, 0.3) is 0 Å². The monoisotopic (exact) mass is 152 g/mol. The van der Waals surface area contributed by atoms with Crippen LogP contribution < -0.4 is 9.47 Å². The number of nitrogens with zero attached hydrogens (tertiary/aromatic N) is 2. The number of fused-ring (bicyclic) bond motifs is 1. The lowest BCUT2D eigenvalue weighted by molar-refractivity contribution is 0.336. The van der Waals surface area contributed by atoms with E-state index >= 15 is 0 Å². The number of hydrogen-bond acceptors (Lipinski definition) is 4. The maximum absolute atomic E-state index is 5.17. The van der Waals surface area contributed by atoms with Crippen LogP contribution >= 0.6 is 0 Å². The summed E-state index contributed by atoms with van der Waals surface area (Å²) < 4.78 is 10.1. The van der Waals surface area contributed by atoms with Gasteiger partial charge in [-0.05, 0) is 0 Å². The van der Waals surface area contributed by atoms with Crippen molar-refractivity contribution in [3.05, 3.63) is 11.6 Å². The summed E-state index contributed by atoms with van der Waals surface area (Å²) in [5.74, 6) is 1.19. The van der Waals surface area contributed by atoms with Gasteiger partial charge in [-0.15, -0.1) is 10.2 Å². The molecule has 2 heterocycles. The molecule has 0 aliphatic carbocycles. The molecule has 0 spiro atoms. The zero-order valence-electron chi connectivity index (χ0n) is 6.20. The van der Waals surface area contributed by atoms with Crippen LogP contribution in [0.3, 0.4) is 0 Å². The average Bonchev–Trinajstić information content (AvgIpc) is 2.50. The Morgan fingerprint density at radius 2 is 2.45 bits per heavy atom. The van der Waals surface area contributed by atoms with Crippen molar-refractivity contribution in [3.8, 4) is 11.8 Å². The molecule has 11 heavy (non-hydrogen) atoms. The molecule has 1 aromatic rings. The molecule has 0 atom stereocenters.